The van der Waals surface area contributed by atoms with Gasteiger partial charge in [-0.1, -0.05) is 12.8 Å². The average Bonchev–Trinajstić information content (AvgIpc) is 2.96. The quantitative estimate of drug-likeness (QED) is 0.662. The fourth-order valence-electron chi connectivity index (χ4n) is 1.51. The Morgan fingerprint density at radius 2 is 2.00 bits per heavy atom. The van der Waals surface area contributed by atoms with Crippen molar-refractivity contribution in [2.75, 3.05) is 11.5 Å². The van der Waals surface area contributed by atoms with Crippen LogP contribution in [0.4, 0.5) is 0 Å². The second kappa shape index (κ2) is 5.48. The van der Waals surface area contributed by atoms with Gasteiger partial charge in [0.1, 0.15) is 6.04 Å². The van der Waals surface area contributed by atoms with Crippen molar-refractivity contribution in [1.29, 1.82) is 0 Å². The fraction of sp³-hybridized carbons (Fsp3) is 0.800. The summed E-state index contributed by atoms with van der Waals surface area (Å²) in [6.45, 7) is 1.16. The van der Waals surface area contributed by atoms with E-state index in [0.717, 1.165) is 19.8 Å². The Balaban J connectivity index is 2.51. The lowest BCUT2D eigenvalue weighted by Crippen LogP contribution is -2.44. The van der Waals surface area contributed by atoms with E-state index in [2.05, 4.69) is 5.32 Å². The van der Waals surface area contributed by atoms with Crippen molar-refractivity contribution < 1.29 is 23.1 Å². The van der Waals surface area contributed by atoms with Gasteiger partial charge in [-0.25, -0.2) is 13.2 Å². The summed E-state index contributed by atoms with van der Waals surface area (Å²) in [5.74, 6) is -1.92. The molecule has 1 amide bonds. The summed E-state index contributed by atoms with van der Waals surface area (Å²) in [7, 11) is -3.42. The molecular formula is C10H17NO5S. The Morgan fingerprint density at radius 3 is 2.41 bits per heavy atom. The van der Waals surface area contributed by atoms with Gasteiger partial charge >= 0.3 is 5.97 Å². The second-order valence-electron chi connectivity index (χ2n) is 4.44. The van der Waals surface area contributed by atoms with Crippen LogP contribution in [-0.2, 0) is 19.4 Å². The van der Waals surface area contributed by atoms with Gasteiger partial charge in [-0.15, -0.1) is 0 Å². The molecule has 1 atom stereocenters. The number of rotatable bonds is 7. The molecule has 2 N–H and O–H groups in total. The van der Waals surface area contributed by atoms with Crippen LogP contribution < -0.4 is 5.32 Å². The molecule has 1 aliphatic carbocycles. The maximum absolute atomic E-state index is 11.6. The largest absolute Gasteiger partial charge is 0.480 e. The van der Waals surface area contributed by atoms with Gasteiger partial charge in [-0.05, 0) is 12.3 Å². The number of hydrogen-bond donors (Lipinski definition) is 2. The minimum absolute atomic E-state index is 0.00102. The molecule has 1 saturated carbocycles. The first-order valence-electron chi connectivity index (χ1n) is 5.50. The lowest BCUT2D eigenvalue weighted by Gasteiger charge is -2.13. The molecule has 0 unspecified atom stereocenters. The van der Waals surface area contributed by atoms with Gasteiger partial charge in [0.2, 0.25) is 5.91 Å². The summed E-state index contributed by atoms with van der Waals surface area (Å²) in [4.78, 5) is 21.5. The van der Waals surface area contributed by atoms with Crippen molar-refractivity contribution in [3.05, 3.63) is 0 Å². The topological polar surface area (TPSA) is 101 Å². The number of aliphatic carboxylic acids is 1. The Hall–Kier alpha value is -1.11. The molecule has 0 aliphatic heterocycles. The van der Waals surface area contributed by atoms with Gasteiger partial charge < -0.3 is 10.4 Å². The zero-order valence-corrected chi connectivity index (χ0v) is 10.5. The van der Waals surface area contributed by atoms with Gasteiger partial charge in [-0.3, -0.25) is 4.79 Å². The lowest BCUT2D eigenvalue weighted by molar-refractivity contribution is -0.140. The van der Waals surface area contributed by atoms with Crippen molar-refractivity contribution in [2.45, 2.75) is 32.2 Å². The third-order valence-electron chi connectivity index (χ3n) is 2.63. The van der Waals surface area contributed by atoms with Crippen LogP contribution in [0.15, 0.2) is 0 Å². The van der Waals surface area contributed by atoms with Gasteiger partial charge in [-0.2, -0.15) is 0 Å². The maximum Gasteiger partial charge on any atom is 0.327 e. The highest BCUT2D eigenvalue weighted by Crippen LogP contribution is 2.32. The SMILES string of the molecule is CC(=O)N[C@@H](CS(=O)(=O)CCC1CC1)C(=O)O. The van der Waals surface area contributed by atoms with Crippen LogP contribution in [0.5, 0.6) is 0 Å². The normalized spacial score (nSPS) is 17.5. The third-order valence-corrected chi connectivity index (χ3v) is 4.33. The Morgan fingerprint density at radius 1 is 1.41 bits per heavy atom. The van der Waals surface area contributed by atoms with E-state index >= 15 is 0 Å². The number of sulfone groups is 1. The first kappa shape index (κ1) is 14.0. The van der Waals surface area contributed by atoms with Crippen LogP contribution in [0, 0.1) is 5.92 Å². The Bertz CT molecular complexity index is 399. The van der Waals surface area contributed by atoms with Crippen LogP contribution in [0.1, 0.15) is 26.2 Å². The predicted molar refractivity (Wildman–Crippen MR) is 61.2 cm³/mol. The standard InChI is InChI=1S/C10H17NO5S/c1-7(12)11-9(10(13)14)6-17(15,16)5-4-8-2-3-8/h8-9H,2-6H2,1H3,(H,11,12)(H,13,14)/t9-/m0/s1. The highest BCUT2D eigenvalue weighted by atomic mass is 32.2. The summed E-state index contributed by atoms with van der Waals surface area (Å²) < 4.78 is 23.3. The number of carbonyl (C=O) groups excluding carboxylic acids is 1. The fourth-order valence-corrected chi connectivity index (χ4v) is 3.10. The summed E-state index contributed by atoms with van der Waals surface area (Å²) in [5.41, 5.74) is 0. The zero-order chi connectivity index (χ0) is 13.1. The van der Waals surface area contributed by atoms with Gasteiger partial charge in [0.05, 0.1) is 11.5 Å². The Kier molecular flexibility index (Phi) is 4.50. The molecule has 0 radical (unpaired) electrons. The number of hydrogen-bond acceptors (Lipinski definition) is 4. The summed E-state index contributed by atoms with van der Waals surface area (Å²) in [6, 6.07) is -1.35. The zero-order valence-electron chi connectivity index (χ0n) is 9.68. The number of nitrogens with one attached hydrogen (secondary N) is 1. The number of carboxylic acid groups (broad SMARTS) is 1. The molecule has 6 nitrogen and oxygen atoms in total. The van der Waals surface area contributed by atoms with Gasteiger partial charge in [0, 0.05) is 6.92 Å². The molecule has 0 spiro atoms. The van der Waals surface area contributed by atoms with Gasteiger partial charge in [0.25, 0.3) is 0 Å². The first-order chi connectivity index (χ1) is 7.80. The van der Waals surface area contributed by atoms with Crippen molar-refractivity contribution in [1.82, 2.24) is 5.32 Å². The number of amides is 1. The summed E-state index contributed by atoms with van der Waals surface area (Å²) in [6.07, 6.45) is 2.71. The predicted octanol–water partition coefficient (Wildman–Crippen LogP) is -0.209. The van der Waals surface area contributed by atoms with Gasteiger partial charge in [0.15, 0.2) is 9.84 Å². The van der Waals surface area contributed by atoms with E-state index in [1.165, 1.54) is 0 Å². The number of carboxylic acids is 1. The molecule has 0 aromatic rings. The summed E-state index contributed by atoms with van der Waals surface area (Å²) in [5, 5.41) is 10.9. The first-order valence-corrected chi connectivity index (χ1v) is 7.32. The minimum Gasteiger partial charge on any atom is -0.480 e. The molecule has 7 heteroatoms. The minimum atomic E-state index is -3.42. The molecule has 0 bridgehead atoms. The van der Waals surface area contributed by atoms with E-state index in [0.29, 0.717) is 12.3 Å². The van der Waals surface area contributed by atoms with Crippen molar-refractivity contribution in [2.24, 2.45) is 5.92 Å². The average molecular weight is 263 g/mol. The van der Waals surface area contributed by atoms with Crippen LogP contribution in [0.25, 0.3) is 0 Å². The molecular weight excluding hydrogens is 246 g/mol. The molecule has 1 rings (SSSR count). The van der Waals surface area contributed by atoms with Crippen molar-refractivity contribution in [3.8, 4) is 0 Å². The molecule has 1 aliphatic rings. The van der Waals surface area contributed by atoms with E-state index < -0.39 is 33.5 Å². The van der Waals surface area contributed by atoms with Crippen LogP contribution in [0.2, 0.25) is 0 Å². The van der Waals surface area contributed by atoms with E-state index in [-0.39, 0.29) is 5.75 Å². The highest BCUT2D eigenvalue weighted by molar-refractivity contribution is 7.91. The van der Waals surface area contributed by atoms with Crippen molar-refractivity contribution >= 4 is 21.7 Å². The molecule has 17 heavy (non-hydrogen) atoms. The second-order valence-corrected chi connectivity index (χ2v) is 6.67. The third kappa shape index (κ3) is 5.67. The van der Waals surface area contributed by atoms with E-state index in [9.17, 15) is 18.0 Å². The van der Waals surface area contributed by atoms with E-state index in [1.54, 1.807) is 0 Å². The van der Waals surface area contributed by atoms with Crippen molar-refractivity contribution in [3.63, 3.8) is 0 Å². The molecule has 0 aromatic carbocycles. The highest BCUT2D eigenvalue weighted by Gasteiger charge is 2.28. The molecule has 0 saturated heterocycles. The summed E-state index contributed by atoms with van der Waals surface area (Å²) >= 11 is 0. The number of carbonyl (C=O) groups is 2. The molecule has 0 heterocycles. The van der Waals surface area contributed by atoms with E-state index in [1.807, 2.05) is 0 Å². The van der Waals surface area contributed by atoms with E-state index in [4.69, 9.17) is 5.11 Å². The monoisotopic (exact) mass is 263 g/mol. The van der Waals surface area contributed by atoms with Crippen LogP contribution in [-0.4, -0.2) is 42.9 Å². The van der Waals surface area contributed by atoms with Crippen LogP contribution in [0.3, 0.4) is 0 Å². The maximum atomic E-state index is 11.6. The Labute approximate surface area is 100 Å². The van der Waals surface area contributed by atoms with Crippen LogP contribution >= 0.6 is 0 Å². The molecule has 98 valence electrons. The molecule has 1 fully saturated rings. The lowest BCUT2D eigenvalue weighted by atomic mass is 10.3. The smallest absolute Gasteiger partial charge is 0.327 e. The molecule has 0 aromatic heterocycles.